The Bertz CT molecular complexity index is 520. The molecule has 0 spiro atoms. The minimum atomic E-state index is -3.86. The molecule has 2 atom stereocenters. The summed E-state index contributed by atoms with van der Waals surface area (Å²) in [7, 11) is -3.86. The fraction of sp³-hybridized carbons (Fsp3) is 0.455. The number of halogens is 3. The predicted octanol–water partition coefficient (Wildman–Crippen LogP) is 2.65. The first-order valence-electron chi connectivity index (χ1n) is 5.34. The normalized spacial score (nSPS) is 15.4. The quantitative estimate of drug-likeness (QED) is 0.849. The highest BCUT2D eigenvalue weighted by Gasteiger charge is 2.19. The molecule has 0 bridgehead atoms. The predicted molar refractivity (Wildman–Crippen MR) is 66.1 cm³/mol. The highest BCUT2D eigenvalue weighted by molar-refractivity contribution is 7.89. The van der Waals surface area contributed by atoms with Crippen LogP contribution in [0.2, 0.25) is 0 Å². The Morgan fingerprint density at radius 1 is 1.28 bits per heavy atom. The standard InChI is InChI=1S/C11H14ClF2NO2S/c1-7(12)5-8(2)15-18(16,17)9-3-4-10(13)11(14)6-9/h3-4,6-8,15H,5H2,1-2H3. The molecule has 1 aromatic rings. The van der Waals surface area contributed by atoms with E-state index in [1.807, 2.05) is 0 Å². The highest BCUT2D eigenvalue weighted by atomic mass is 35.5. The Morgan fingerprint density at radius 3 is 2.39 bits per heavy atom. The van der Waals surface area contributed by atoms with E-state index in [4.69, 9.17) is 11.6 Å². The van der Waals surface area contributed by atoms with Crippen molar-refractivity contribution in [3.63, 3.8) is 0 Å². The van der Waals surface area contributed by atoms with Crippen LogP contribution in [0.3, 0.4) is 0 Å². The van der Waals surface area contributed by atoms with Crippen molar-refractivity contribution >= 4 is 21.6 Å². The van der Waals surface area contributed by atoms with Crippen molar-refractivity contribution in [1.82, 2.24) is 4.72 Å². The van der Waals surface area contributed by atoms with Gasteiger partial charge in [-0.05, 0) is 38.5 Å². The van der Waals surface area contributed by atoms with Gasteiger partial charge in [0.2, 0.25) is 10.0 Å². The molecule has 1 N–H and O–H groups in total. The van der Waals surface area contributed by atoms with Gasteiger partial charge in [-0.3, -0.25) is 0 Å². The molecule has 7 heteroatoms. The van der Waals surface area contributed by atoms with Crippen LogP contribution in [0.15, 0.2) is 23.1 Å². The Balaban J connectivity index is 2.89. The van der Waals surface area contributed by atoms with Crippen LogP contribution in [0, 0.1) is 11.6 Å². The topological polar surface area (TPSA) is 46.2 Å². The molecule has 0 radical (unpaired) electrons. The summed E-state index contributed by atoms with van der Waals surface area (Å²) >= 11 is 5.75. The minimum Gasteiger partial charge on any atom is -0.208 e. The maximum atomic E-state index is 13.0. The van der Waals surface area contributed by atoms with E-state index in [0.29, 0.717) is 12.5 Å². The summed E-state index contributed by atoms with van der Waals surface area (Å²) < 4.78 is 51.7. The second kappa shape index (κ2) is 5.95. The summed E-state index contributed by atoms with van der Waals surface area (Å²) in [5.74, 6) is -2.28. The van der Waals surface area contributed by atoms with E-state index in [1.165, 1.54) is 0 Å². The first-order chi connectivity index (χ1) is 8.22. The maximum absolute atomic E-state index is 13.0. The Hall–Kier alpha value is -0.720. The molecule has 1 rings (SSSR count). The molecule has 0 heterocycles. The molecule has 1 aromatic carbocycles. The van der Waals surface area contributed by atoms with E-state index < -0.39 is 27.7 Å². The van der Waals surface area contributed by atoms with Crippen LogP contribution in [-0.2, 0) is 10.0 Å². The lowest BCUT2D eigenvalue weighted by atomic mass is 10.2. The van der Waals surface area contributed by atoms with Crippen LogP contribution in [0.5, 0.6) is 0 Å². The van der Waals surface area contributed by atoms with Gasteiger partial charge in [-0.1, -0.05) is 0 Å². The molecule has 102 valence electrons. The van der Waals surface area contributed by atoms with E-state index in [-0.39, 0.29) is 10.3 Å². The number of benzene rings is 1. The second-order valence-corrected chi connectivity index (χ2v) is 6.57. The molecule has 0 aliphatic rings. The van der Waals surface area contributed by atoms with Gasteiger partial charge >= 0.3 is 0 Å². The first kappa shape index (κ1) is 15.3. The zero-order valence-electron chi connectivity index (χ0n) is 9.95. The van der Waals surface area contributed by atoms with Crippen molar-refractivity contribution < 1.29 is 17.2 Å². The second-order valence-electron chi connectivity index (χ2n) is 4.11. The van der Waals surface area contributed by atoms with Gasteiger partial charge in [0, 0.05) is 11.4 Å². The maximum Gasteiger partial charge on any atom is 0.240 e. The van der Waals surface area contributed by atoms with Gasteiger partial charge in [-0.15, -0.1) is 11.6 Å². The average Bonchev–Trinajstić information content (AvgIpc) is 2.19. The zero-order valence-corrected chi connectivity index (χ0v) is 11.5. The summed E-state index contributed by atoms with van der Waals surface area (Å²) in [6.45, 7) is 3.39. The highest BCUT2D eigenvalue weighted by Crippen LogP contribution is 2.15. The van der Waals surface area contributed by atoms with Crippen LogP contribution < -0.4 is 4.72 Å². The summed E-state index contributed by atoms with van der Waals surface area (Å²) in [5, 5.41) is -0.187. The molecule has 3 nitrogen and oxygen atoms in total. The lowest BCUT2D eigenvalue weighted by Crippen LogP contribution is -2.34. The zero-order chi connectivity index (χ0) is 13.9. The Kier molecular flexibility index (Phi) is 5.07. The minimum absolute atomic E-state index is 0.187. The molecule has 0 aromatic heterocycles. The lowest BCUT2D eigenvalue weighted by Gasteiger charge is -2.15. The molecule has 0 aliphatic carbocycles. The van der Waals surface area contributed by atoms with Gasteiger partial charge in [-0.25, -0.2) is 21.9 Å². The number of hydrogen-bond donors (Lipinski definition) is 1. The third-order valence-electron chi connectivity index (χ3n) is 2.24. The van der Waals surface area contributed by atoms with E-state index in [1.54, 1.807) is 13.8 Å². The van der Waals surface area contributed by atoms with Crippen molar-refractivity contribution in [2.24, 2.45) is 0 Å². The van der Waals surface area contributed by atoms with Crippen molar-refractivity contribution in [3.8, 4) is 0 Å². The lowest BCUT2D eigenvalue weighted by molar-refractivity contribution is 0.503. The van der Waals surface area contributed by atoms with Crippen LogP contribution in [0.1, 0.15) is 20.3 Å². The van der Waals surface area contributed by atoms with Gasteiger partial charge in [-0.2, -0.15) is 0 Å². The van der Waals surface area contributed by atoms with Gasteiger partial charge < -0.3 is 0 Å². The van der Waals surface area contributed by atoms with E-state index in [2.05, 4.69) is 4.72 Å². The van der Waals surface area contributed by atoms with E-state index >= 15 is 0 Å². The smallest absolute Gasteiger partial charge is 0.208 e. The molecule has 0 saturated heterocycles. The summed E-state index contributed by atoms with van der Waals surface area (Å²) in [5.41, 5.74) is 0. The Morgan fingerprint density at radius 2 is 1.89 bits per heavy atom. The third-order valence-corrected chi connectivity index (χ3v) is 4.00. The average molecular weight is 298 g/mol. The Labute approximate surface area is 110 Å². The molecule has 0 aliphatic heterocycles. The molecular formula is C11H14ClF2NO2S. The summed E-state index contributed by atoms with van der Waals surface area (Å²) in [6.07, 6.45) is 0.435. The van der Waals surface area contributed by atoms with Crippen molar-refractivity contribution in [1.29, 1.82) is 0 Å². The molecular weight excluding hydrogens is 284 g/mol. The number of alkyl halides is 1. The van der Waals surface area contributed by atoms with Crippen LogP contribution in [0.4, 0.5) is 8.78 Å². The van der Waals surface area contributed by atoms with Crippen molar-refractivity contribution in [2.45, 2.75) is 36.6 Å². The molecule has 18 heavy (non-hydrogen) atoms. The largest absolute Gasteiger partial charge is 0.240 e. The molecule has 0 fully saturated rings. The summed E-state index contributed by atoms with van der Waals surface area (Å²) in [4.78, 5) is -0.310. The van der Waals surface area contributed by atoms with Gasteiger partial charge in [0.15, 0.2) is 11.6 Å². The summed E-state index contributed by atoms with van der Waals surface area (Å²) in [6, 6.07) is 2.04. The SMILES string of the molecule is CC(Cl)CC(C)NS(=O)(=O)c1ccc(F)c(F)c1. The van der Waals surface area contributed by atoms with Crippen molar-refractivity contribution in [2.75, 3.05) is 0 Å². The van der Waals surface area contributed by atoms with Gasteiger partial charge in [0.05, 0.1) is 4.90 Å². The van der Waals surface area contributed by atoms with Gasteiger partial charge in [0.25, 0.3) is 0 Å². The molecule has 0 saturated carbocycles. The van der Waals surface area contributed by atoms with Crippen molar-refractivity contribution in [3.05, 3.63) is 29.8 Å². The molecule has 2 unspecified atom stereocenters. The van der Waals surface area contributed by atoms with E-state index in [0.717, 1.165) is 12.1 Å². The van der Waals surface area contributed by atoms with Gasteiger partial charge in [0.1, 0.15) is 0 Å². The fourth-order valence-corrected chi connectivity index (χ4v) is 3.05. The monoisotopic (exact) mass is 297 g/mol. The van der Waals surface area contributed by atoms with Crippen LogP contribution >= 0.6 is 11.6 Å². The number of hydrogen-bond acceptors (Lipinski definition) is 2. The molecule has 0 amide bonds. The first-order valence-corrected chi connectivity index (χ1v) is 7.26. The number of nitrogens with one attached hydrogen (secondary N) is 1. The fourth-order valence-electron chi connectivity index (χ4n) is 1.51. The number of rotatable bonds is 5. The van der Waals surface area contributed by atoms with Crippen LogP contribution in [0.25, 0.3) is 0 Å². The number of sulfonamides is 1. The van der Waals surface area contributed by atoms with Crippen LogP contribution in [-0.4, -0.2) is 19.8 Å². The third kappa shape index (κ3) is 4.19. The van der Waals surface area contributed by atoms with E-state index in [9.17, 15) is 17.2 Å².